The van der Waals surface area contributed by atoms with Gasteiger partial charge in [-0.15, -0.1) is 0 Å². The summed E-state index contributed by atoms with van der Waals surface area (Å²) in [7, 11) is 0. The quantitative estimate of drug-likeness (QED) is 0.501. The van der Waals surface area contributed by atoms with E-state index in [1.807, 2.05) is 35.3 Å². The summed E-state index contributed by atoms with van der Waals surface area (Å²) in [5, 5.41) is 28.6. The molecule has 0 amide bonds. The minimum atomic E-state index is 0.183. The van der Waals surface area contributed by atoms with Gasteiger partial charge in [-0.3, -0.25) is 9.58 Å². The zero-order chi connectivity index (χ0) is 21.2. The first-order chi connectivity index (χ1) is 15.2. The van der Waals surface area contributed by atoms with Crippen LogP contribution in [-0.2, 0) is 0 Å². The van der Waals surface area contributed by atoms with Crippen molar-refractivity contribution in [3.63, 3.8) is 0 Å². The van der Waals surface area contributed by atoms with Crippen molar-refractivity contribution >= 4 is 17.3 Å². The lowest BCUT2D eigenvalue weighted by Crippen LogP contribution is -2.24. The number of nitriles is 1. The van der Waals surface area contributed by atoms with Crippen molar-refractivity contribution in [2.75, 3.05) is 26.2 Å². The smallest absolute Gasteiger partial charge is 0.103 e. The Morgan fingerprint density at radius 1 is 1.19 bits per heavy atom. The molecule has 1 atom stereocenters. The molecule has 4 aromatic rings. The van der Waals surface area contributed by atoms with Gasteiger partial charge in [-0.25, -0.2) is 9.50 Å². The second kappa shape index (κ2) is 8.51. The largest absolute Gasteiger partial charge is 0.395 e. The van der Waals surface area contributed by atoms with Crippen LogP contribution in [0.4, 0.5) is 0 Å². The second-order valence-corrected chi connectivity index (χ2v) is 8.56. The zero-order valence-electron chi connectivity index (χ0n) is 16.8. The van der Waals surface area contributed by atoms with E-state index >= 15 is 0 Å². The Kier molecular flexibility index (Phi) is 5.42. The van der Waals surface area contributed by atoms with Gasteiger partial charge in [0.2, 0.25) is 0 Å². The third kappa shape index (κ3) is 3.93. The van der Waals surface area contributed by atoms with Gasteiger partial charge in [-0.2, -0.15) is 15.5 Å². The van der Waals surface area contributed by atoms with E-state index in [-0.39, 0.29) is 6.61 Å². The highest BCUT2D eigenvalue weighted by atomic mass is 32.2. The van der Waals surface area contributed by atoms with Crippen molar-refractivity contribution in [1.29, 1.82) is 5.26 Å². The number of rotatable bonds is 6. The lowest BCUT2D eigenvalue weighted by atomic mass is 10.1. The fraction of sp³-hybridized carbons (Fsp3) is 0.273. The molecule has 0 spiro atoms. The highest BCUT2D eigenvalue weighted by Gasteiger charge is 2.24. The molecule has 0 radical (unpaired) electrons. The van der Waals surface area contributed by atoms with E-state index in [2.05, 4.69) is 38.4 Å². The van der Waals surface area contributed by atoms with E-state index in [0.29, 0.717) is 18.2 Å². The summed E-state index contributed by atoms with van der Waals surface area (Å²) in [5.74, 6) is 0. The molecule has 5 rings (SSSR count). The lowest BCUT2D eigenvalue weighted by molar-refractivity contribution is 0.216. The van der Waals surface area contributed by atoms with Crippen LogP contribution in [0.5, 0.6) is 0 Å². The van der Waals surface area contributed by atoms with E-state index in [1.54, 1.807) is 16.9 Å². The predicted octanol–water partition coefficient (Wildman–Crippen LogP) is 2.85. The summed E-state index contributed by atoms with van der Waals surface area (Å²) in [6.45, 7) is 2.76. The topological polar surface area (TPSA) is 95.3 Å². The summed E-state index contributed by atoms with van der Waals surface area (Å²) in [5.41, 5.74) is 3.30. The van der Waals surface area contributed by atoms with Gasteiger partial charge >= 0.3 is 0 Å². The Morgan fingerprint density at radius 3 is 2.94 bits per heavy atom. The van der Waals surface area contributed by atoms with Crippen LogP contribution in [0.2, 0.25) is 0 Å². The van der Waals surface area contributed by atoms with Crippen LogP contribution < -0.4 is 0 Å². The minimum Gasteiger partial charge on any atom is -0.395 e. The molecule has 31 heavy (non-hydrogen) atoms. The molecule has 0 saturated carbocycles. The van der Waals surface area contributed by atoms with Gasteiger partial charge in [-0.1, -0.05) is 17.8 Å². The Bertz CT molecular complexity index is 1240. The molecule has 9 heteroatoms. The third-order valence-corrected chi connectivity index (χ3v) is 6.50. The molecule has 1 saturated heterocycles. The Balaban J connectivity index is 1.50. The number of aliphatic hydroxyl groups excluding tert-OH is 1. The first-order valence-corrected chi connectivity index (χ1v) is 10.9. The molecule has 1 N–H and O–H groups in total. The highest BCUT2D eigenvalue weighted by Crippen LogP contribution is 2.35. The zero-order valence-corrected chi connectivity index (χ0v) is 17.6. The molecule has 0 aromatic carbocycles. The highest BCUT2D eigenvalue weighted by molar-refractivity contribution is 7.99. The van der Waals surface area contributed by atoms with Crippen LogP contribution in [0, 0.1) is 11.3 Å². The Labute approximate surface area is 183 Å². The molecule has 1 aliphatic heterocycles. The molecule has 4 aromatic heterocycles. The average Bonchev–Trinajstić information content (AvgIpc) is 3.54. The van der Waals surface area contributed by atoms with Crippen molar-refractivity contribution in [2.24, 2.45) is 0 Å². The van der Waals surface area contributed by atoms with Crippen LogP contribution in [0.1, 0.15) is 18.0 Å². The SMILES string of the molecule is N#Cc1cnn2cc(-c3cnn(C4CCN(CCO)C4)c3)cc(Sc3ccccn3)c12. The van der Waals surface area contributed by atoms with E-state index < -0.39 is 0 Å². The normalized spacial score (nSPS) is 16.7. The summed E-state index contributed by atoms with van der Waals surface area (Å²) >= 11 is 1.52. The lowest BCUT2D eigenvalue weighted by Gasteiger charge is -2.14. The van der Waals surface area contributed by atoms with Gasteiger partial charge in [0.1, 0.15) is 11.1 Å². The molecule has 156 valence electrons. The van der Waals surface area contributed by atoms with Gasteiger partial charge in [0, 0.05) is 54.2 Å². The average molecular weight is 432 g/mol. The Hall–Kier alpha value is -3.19. The number of hydrogen-bond donors (Lipinski definition) is 1. The molecule has 0 bridgehead atoms. The number of aliphatic hydroxyl groups is 1. The molecule has 1 aliphatic rings. The predicted molar refractivity (Wildman–Crippen MR) is 117 cm³/mol. The van der Waals surface area contributed by atoms with E-state index in [0.717, 1.165) is 46.1 Å². The van der Waals surface area contributed by atoms with E-state index in [9.17, 15) is 10.4 Å². The van der Waals surface area contributed by atoms with Gasteiger partial charge in [-0.05, 0) is 24.6 Å². The maximum absolute atomic E-state index is 9.52. The molecular weight excluding hydrogens is 410 g/mol. The number of pyridine rings is 2. The Morgan fingerprint density at radius 2 is 2.13 bits per heavy atom. The van der Waals surface area contributed by atoms with Gasteiger partial charge in [0.05, 0.1) is 36.1 Å². The summed E-state index contributed by atoms with van der Waals surface area (Å²) in [6.07, 6.45) is 10.3. The second-order valence-electron chi connectivity index (χ2n) is 7.50. The van der Waals surface area contributed by atoms with E-state index in [4.69, 9.17) is 0 Å². The monoisotopic (exact) mass is 431 g/mol. The fourth-order valence-corrected chi connectivity index (χ4v) is 4.95. The van der Waals surface area contributed by atoms with Crippen LogP contribution in [0.15, 0.2) is 65.2 Å². The molecule has 0 aliphatic carbocycles. The van der Waals surface area contributed by atoms with Crippen molar-refractivity contribution < 1.29 is 5.11 Å². The first kappa shape index (κ1) is 19.8. The first-order valence-electron chi connectivity index (χ1n) is 10.1. The molecule has 5 heterocycles. The van der Waals surface area contributed by atoms with Crippen LogP contribution in [0.25, 0.3) is 16.6 Å². The van der Waals surface area contributed by atoms with Crippen LogP contribution >= 0.6 is 11.8 Å². The fourth-order valence-electron chi connectivity index (χ4n) is 3.98. The summed E-state index contributed by atoms with van der Waals surface area (Å²) in [6, 6.07) is 10.4. The molecule has 8 nitrogen and oxygen atoms in total. The molecule has 1 unspecified atom stereocenters. The van der Waals surface area contributed by atoms with Gasteiger partial charge in [0.15, 0.2) is 0 Å². The number of fused-ring (bicyclic) bond motifs is 1. The van der Waals surface area contributed by atoms with Crippen LogP contribution in [0.3, 0.4) is 0 Å². The van der Waals surface area contributed by atoms with Crippen molar-refractivity contribution in [1.82, 2.24) is 29.3 Å². The van der Waals surface area contributed by atoms with Crippen molar-refractivity contribution in [3.05, 3.63) is 60.8 Å². The van der Waals surface area contributed by atoms with Crippen LogP contribution in [-0.4, -0.2) is 60.6 Å². The van der Waals surface area contributed by atoms with Gasteiger partial charge < -0.3 is 5.11 Å². The summed E-state index contributed by atoms with van der Waals surface area (Å²) in [4.78, 5) is 7.59. The maximum Gasteiger partial charge on any atom is 0.103 e. The number of nitrogens with zero attached hydrogens (tertiary/aromatic N) is 7. The molecule has 1 fully saturated rings. The standard InChI is InChI=1S/C22H21N7OS/c23-10-17-11-26-29-13-16(9-20(22(17)29)31-21-3-1-2-5-24-21)18-12-25-28(14-18)19-4-6-27(15-19)7-8-30/h1-3,5,9,11-14,19,30H,4,6-8,15H2. The third-order valence-electron chi connectivity index (χ3n) is 5.52. The van der Waals surface area contributed by atoms with Crippen molar-refractivity contribution in [2.45, 2.75) is 22.4 Å². The number of hydrogen-bond acceptors (Lipinski definition) is 7. The van der Waals surface area contributed by atoms with Crippen molar-refractivity contribution in [3.8, 4) is 17.2 Å². The summed E-state index contributed by atoms with van der Waals surface area (Å²) < 4.78 is 3.78. The number of likely N-dealkylation sites (tertiary alicyclic amines) is 1. The maximum atomic E-state index is 9.52. The number of aromatic nitrogens is 5. The van der Waals surface area contributed by atoms with Gasteiger partial charge in [0.25, 0.3) is 0 Å². The minimum absolute atomic E-state index is 0.183. The number of β-amino-alcohol motifs (C(OH)–C–C–N with tert-alkyl or cyclic N) is 1. The molecular formula is C22H21N7OS. The van der Waals surface area contributed by atoms with E-state index in [1.165, 1.54) is 11.8 Å².